The molecule has 0 saturated carbocycles. The van der Waals surface area contributed by atoms with Crippen LogP contribution in [-0.4, -0.2) is 49.1 Å². The third-order valence-electron chi connectivity index (χ3n) is 6.13. The molecular formula is C17H31N3O. The van der Waals surface area contributed by atoms with E-state index in [0.29, 0.717) is 24.0 Å². The highest BCUT2D eigenvalue weighted by Gasteiger charge is 2.43. The predicted molar refractivity (Wildman–Crippen MR) is 85.2 cm³/mol. The first-order valence-electron chi connectivity index (χ1n) is 8.88. The van der Waals surface area contributed by atoms with E-state index in [-0.39, 0.29) is 5.41 Å². The summed E-state index contributed by atoms with van der Waals surface area (Å²) in [5.74, 6) is 0.321. The summed E-state index contributed by atoms with van der Waals surface area (Å²) in [6.45, 7) is 4.05. The van der Waals surface area contributed by atoms with E-state index in [1.165, 1.54) is 19.3 Å². The van der Waals surface area contributed by atoms with Gasteiger partial charge in [0.2, 0.25) is 5.91 Å². The molecule has 0 aliphatic carbocycles. The molecule has 3 rings (SSSR count). The lowest BCUT2D eigenvalue weighted by molar-refractivity contribution is -0.132. The van der Waals surface area contributed by atoms with Crippen LogP contribution in [0, 0.1) is 5.41 Å². The van der Waals surface area contributed by atoms with E-state index >= 15 is 0 Å². The highest BCUT2D eigenvalue weighted by Crippen LogP contribution is 2.35. The first kappa shape index (κ1) is 15.3. The van der Waals surface area contributed by atoms with Gasteiger partial charge in [0.15, 0.2) is 0 Å². The van der Waals surface area contributed by atoms with Gasteiger partial charge in [-0.05, 0) is 52.1 Å². The van der Waals surface area contributed by atoms with Crippen LogP contribution in [0.3, 0.4) is 0 Å². The van der Waals surface area contributed by atoms with E-state index < -0.39 is 0 Å². The molecule has 4 nitrogen and oxygen atoms in total. The molecule has 2 bridgehead atoms. The maximum atomic E-state index is 12.9. The molecule has 4 heteroatoms. The van der Waals surface area contributed by atoms with E-state index in [2.05, 4.69) is 29.5 Å². The number of hydrogen-bond acceptors (Lipinski definition) is 3. The van der Waals surface area contributed by atoms with Crippen LogP contribution < -0.4 is 10.6 Å². The van der Waals surface area contributed by atoms with Gasteiger partial charge in [0.25, 0.3) is 0 Å². The van der Waals surface area contributed by atoms with Crippen LogP contribution in [-0.2, 0) is 4.79 Å². The SMILES string of the molecule is CCCC1(C(=O)NC2CC3CCCC(C2)N3C)CCNC1. The number of carbonyl (C=O) groups is 1. The summed E-state index contributed by atoms with van der Waals surface area (Å²) >= 11 is 0. The molecule has 0 spiro atoms. The fourth-order valence-electron chi connectivity index (χ4n) is 4.82. The third kappa shape index (κ3) is 2.98. The van der Waals surface area contributed by atoms with E-state index in [4.69, 9.17) is 0 Å². The van der Waals surface area contributed by atoms with Crippen molar-refractivity contribution in [2.75, 3.05) is 20.1 Å². The maximum absolute atomic E-state index is 12.9. The topological polar surface area (TPSA) is 44.4 Å². The van der Waals surface area contributed by atoms with Crippen LogP contribution in [0.2, 0.25) is 0 Å². The minimum Gasteiger partial charge on any atom is -0.353 e. The van der Waals surface area contributed by atoms with Gasteiger partial charge in [-0.25, -0.2) is 0 Å². The number of hydrogen-bond donors (Lipinski definition) is 2. The highest BCUT2D eigenvalue weighted by atomic mass is 16.2. The number of rotatable bonds is 4. The second-order valence-electron chi connectivity index (χ2n) is 7.50. The van der Waals surface area contributed by atoms with Crippen molar-refractivity contribution in [2.24, 2.45) is 5.41 Å². The molecule has 120 valence electrons. The molecule has 3 saturated heterocycles. The van der Waals surface area contributed by atoms with Crippen LogP contribution in [0.15, 0.2) is 0 Å². The first-order chi connectivity index (χ1) is 10.1. The van der Waals surface area contributed by atoms with Crippen molar-refractivity contribution in [1.29, 1.82) is 0 Å². The second-order valence-corrected chi connectivity index (χ2v) is 7.50. The van der Waals surface area contributed by atoms with Gasteiger partial charge < -0.3 is 15.5 Å². The molecule has 1 amide bonds. The standard InChI is InChI=1S/C17H31N3O/c1-3-7-17(8-9-18-12-17)16(21)19-13-10-14-5-4-6-15(11-13)20(14)2/h13-15,18H,3-12H2,1-2H3,(H,19,21). The monoisotopic (exact) mass is 293 g/mol. The Hall–Kier alpha value is -0.610. The number of piperidine rings is 2. The summed E-state index contributed by atoms with van der Waals surface area (Å²) in [5, 5.41) is 6.82. The lowest BCUT2D eigenvalue weighted by atomic mass is 9.79. The van der Waals surface area contributed by atoms with E-state index in [1.54, 1.807) is 0 Å². The second kappa shape index (κ2) is 6.25. The first-order valence-corrected chi connectivity index (χ1v) is 8.88. The van der Waals surface area contributed by atoms with Crippen molar-refractivity contribution in [1.82, 2.24) is 15.5 Å². The molecule has 21 heavy (non-hydrogen) atoms. The molecule has 3 heterocycles. The largest absolute Gasteiger partial charge is 0.353 e. The third-order valence-corrected chi connectivity index (χ3v) is 6.13. The van der Waals surface area contributed by atoms with Crippen LogP contribution in [0.4, 0.5) is 0 Å². The molecule has 3 aliphatic heterocycles. The zero-order valence-electron chi connectivity index (χ0n) is 13.7. The van der Waals surface area contributed by atoms with E-state index in [0.717, 1.165) is 45.2 Å². The lowest BCUT2D eigenvalue weighted by Crippen LogP contribution is -2.57. The normalized spacial score (nSPS) is 40.2. The molecule has 0 aromatic rings. The van der Waals surface area contributed by atoms with Gasteiger partial charge in [0, 0.05) is 24.7 Å². The summed E-state index contributed by atoms with van der Waals surface area (Å²) < 4.78 is 0. The number of nitrogens with zero attached hydrogens (tertiary/aromatic N) is 1. The fourth-order valence-corrected chi connectivity index (χ4v) is 4.82. The van der Waals surface area contributed by atoms with Crippen molar-refractivity contribution >= 4 is 5.91 Å². The molecule has 3 atom stereocenters. The van der Waals surface area contributed by atoms with Gasteiger partial charge in [-0.15, -0.1) is 0 Å². The van der Waals surface area contributed by atoms with Gasteiger partial charge in [-0.2, -0.15) is 0 Å². The summed E-state index contributed by atoms with van der Waals surface area (Å²) in [5.41, 5.74) is -0.132. The van der Waals surface area contributed by atoms with Crippen LogP contribution in [0.5, 0.6) is 0 Å². The van der Waals surface area contributed by atoms with Crippen molar-refractivity contribution in [3.63, 3.8) is 0 Å². The summed E-state index contributed by atoms with van der Waals surface area (Å²) in [7, 11) is 2.27. The Balaban J connectivity index is 1.62. The van der Waals surface area contributed by atoms with Crippen molar-refractivity contribution in [2.45, 2.75) is 76.4 Å². The van der Waals surface area contributed by atoms with E-state index in [9.17, 15) is 4.79 Å². The average molecular weight is 293 g/mol. The van der Waals surface area contributed by atoms with Crippen LogP contribution in [0.25, 0.3) is 0 Å². The van der Waals surface area contributed by atoms with Gasteiger partial charge in [0.1, 0.15) is 0 Å². The van der Waals surface area contributed by atoms with Crippen LogP contribution in [0.1, 0.15) is 58.3 Å². The number of amides is 1. The predicted octanol–water partition coefficient (Wildman–Crippen LogP) is 1.90. The molecule has 0 radical (unpaired) electrons. The summed E-state index contributed by atoms with van der Waals surface area (Å²) in [4.78, 5) is 15.4. The quantitative estimate of drug-likeness (QED) is 0.832. The zero-order chi connectivity index (χ0) is 14.9. The molecule has 3 aliphatic rings. The molecular weight excluding hydrogens is 262 g/mol. The van der Waals surface area contributed by atoms with Crippen molar-refractivity contribution in [3.8, 4) is 0 Å². The highest BCUT2D eigenvalue weighted by molar-refractivity contribution is 5.83. The van der Waals surface area contributed by atoms with Gasteiger partial charge in [-0.3, -0.25) is 4.79 Å². The number of nitrogens with one attached hydrogen (secondary N) is 2. The number of carbonyl (C=O) groups excluding carboxylic acids is 1. The average Bonchev–Trinajstić information content (AvgIpc) is 2.90. The molecule has 0 aromatic heterocycles. The lowest BCUT2D eigenvalue weighted by Gasteiger charge is -2.47. The summed E-state index contributed by atoms with van der Waals surface area (Å²) in [6.07, 6.45) is 9.39. The Morgan fingerprint density at radius 2 is 2.05 bits per heavy atom. The van der Waals surface area contributed by atoms with Gasteiger partial charge in [-0.1, -0.05) is 19.8 Å². The Kier molecular flexibility index (Phi) is 4.55. The fraction of sp³-hybridized carbons (Fsp3) is 0.941. The Morgan fingerprint density at radius 1 is 1.33 bits per heavy atom. The number of fused-ring (bicyclic) bond motifs is 2. The van der Waals surface area contributed by atoms with Crippen molar-refractivity contribution in [3.05, 3.63) is 0 Å². The van der Waals surface area contributed by atoms with E-state index in [1.807, 2.05) is 0 Å². The minimum atomic E-state index is -0.132. The summed E-state index contributed by atoms with van der Waals surface area (Å²) in [6, 6.07) is 1.77. The Labute approximate surface area is 129 Å². The molecule has 0 aromatic carbocycles. The molecule has 2 N–H and O–H groups in total. The van der Waals surface area contributed by atoms with Gasteiger partial charge >= 0.3 is 0 Å². The Bertz CT molecular complexity index is 364. The molecule has 3 unspecified atom stereocenters. The maximum Gasteiger partial charge on any atom is 0.227 e. The smallest absolute Gasteiger partial charge is 0.227 e. The van der Waals surface area contributed by atoms with Crippen molar-refractivity contribution < 1.29 is 4.79 Å². The Morgan fingerprint density at radius 3 is 2.62 bits per heavy atom. The van der Waals surface area contributed by atoms with Crippen LogP contribution >= 0.6 is 0 Å². The minimum absolute atomic E-state index is 0.132. The zero-order valence-corrected chi connectivity index (χ0v) is 13.7. The van der Waals surface area contributed by atoms with Gasteiger partial charge in [0.05, 0.1) is 5.41 Å². The molecule has 3 fully saturated rings.